The molecule has 0 radical (unpaired) electrons. The number of ether oxygens (including phenoxy) is 1. The predicted octanol–water partition coefficient (Wildman–Crippen LogP) is 7.55. The maximum atomic E-state index is 12.9. The minimum atomic E-state index is -0.615. The molecule has 0 aromatic heterocycles. The fourth-order valence-corrected chi connectivity index (χ4v) is 4.28. The van der Waals surface area contributed by atoms with Gasteiger partial charge < -0.3 is 20.7 Å². The first-order valence-corrected chi connectivity index (χ1v) is 14.0. The monoisotopic (exact) mass is 559 g/mol. The lowest BCUT2D eigenvalue weighted by molar-refractivity contribution is -0.128. The second-order valence-corrected chi connectivity index (χ2v) is 12.3. The minimum Gasteiger partial charge on any atom is -0.493 e. The highest BCUT2D eigenvalue weighted by Gasteiger charge is 2.28. The highest BCUT2D eigenvalue weighted by molar-refractivity contribution is 7.80. The minimum absolute atomic E-state index is 0.0315. The van der Waals surface area contributed by atoms with Crippen LogP contribution in [0.5, 0.6) is 5.75 Å². The van der Waals surface area contributed by atoms with E-state index >= 15 is 0 Å². The maximum absolute atomic E-state index is 12.9. The third-order valence-electron chi connectivity index (χ3n) is 6.80. The Hall–Kier alpha value is -3.71. The van der Waals surface area contributed by atoms with Crippen LogP contribution >= 0.6 is 12.2 Å². The molecule has 7 heteroatoms. The van der Waals surface area contributed by atoms with E-state index in [0.717, 1.165) is 23.3 Å². The number of rotatable bonds is 9. The van der Waals surface area contributed by atoms with E-state index in [9.17, 15) is 9.59 Å². The Kier molecular flexibility index (Phi) is 10.1. The van der Waals surface area contributed by atoms with Gasteiger partial charge in [0.15, 0.2) is 5.11 Å². The smallest absolute Gasteiger partial charge is 0.255 e. The molecule has 40 heavy (non-hydrogen) atoms. The zero-order valence-electron chi connectivity index (χ0n) is 24.6. The lowest BCUT2D eigenvalue weighted by Gasteiger charge is -2.24. The van der Waals surface area contributed by atoms with Gasteiger partial charge in [-0.1, -0.05) is 58.9 Å². The van der Waals surface area contributed by atoms with Gasteiger partial charge in [-0.05, 0) is 103 Å². The normalized spacial score (nSPS) is 11.5. The fourth-order valence-electron chi connectivity index (χ4n) is 4.07. The molecule has 0 atom stereocenters. The number of benzene rings is 3. The molecule has 0 bridgehead atoms. The molecule has 6 nitrogen and oxygen atoms in total. The molecule has 0 fully saturated rings. The van der Waals surface area contributed by atoms with E-state index in [0.29, 0.717) is 30.0 Å². The number of aryl methyl sites for hydroxylation is 2. The molecule has 3 rings (SSSR count). The summed E-state index contributed by atoms with van der Waals surface area (Å²) in [5, 5.41) is 8.97. The molecular formula is C33H41N3O3S. The van der Waals surface area contributed by atoms with Crippen LogP contribution in [-0.4, -0.2) is 23.5 Å². The van der Waals surface area contributed by atoms with Crippen molar-refractivity contribution in [3.05, 3.63) is 89.0 Å². The Bertz CT molecular complexity index is 1340. The van der Waals surface area contributed by atoms with Crippen LogP contribution in [0.25, 0.3) is 0 Å². The summed E-state index contributed by atoms with van der Waals surface area (Å²) in [5.74, 6) is 0.552. The number of hydrogen-bond acceptors (Lipinski definition) is 4. The van der Waals surface area contributed by atoms with E-state index in [2.05, 4.69) is 42.8 Å². The van der Waals surface area contributed by atoms with E-state index in [1.54, 1.807) is 24.3 Å². The molecule has 212 valence electrons. The van der Waals surface area contributed by atoms with E-state index in [1.165, 1.54) is 5.56 Å². The quantitative estimate of drug-likeness (QED) is 0.186. The molecule has 0 saturated heterocycles. The van der Waals surface area contributed by atoms with Crippen molar-refractivity contribution in [2.75, 3.05) is 17.2 Å². The van der Waals surface area contributed by atoms with Crippen LogP contribution in [0.1, 0.15) is 74.5 Å². The van der Waals surface area contributed by atoms with Gasteiger partial charge in [0, 0.05) is 22.4 Å². The van der Waals surface area contributed by atoms with Crippen molar-refractivity contribution in [2.45, 2.75) is 66.7 Å². The van der Waals surface area contributed by atoms with Crippen molar-refractivity contribution < 1.29 is 14.3 Å². The molecule has 0 aliphatic rings. The lowest BCUT2D eigenvalue weighted by atomic mass is 9.87. The molecule has 3 aromatic carbocycles. The van der Waals surface area contributed by atoms with Gasteiger partial charge in [-0.2, -0.15) is 0 Å². The van der Waals surface area contributed by atoms with Crippen molar-refractivity contribution in [3.63, 3.8) is 0 Å². The number of thiocarbonyl (C=S) groups is 1. The molecule has 0 aliphatic heterocycles. The molecule has 0 saturated carbocycles. The molecule has 0 unspecified atom stereocenters. The Balaban J connectivity index is 1.45. The third-order valence-corrected chi connectivity index (χ3v) is 7.01. The summed E-state index contributed by atoms with van der Waals surface area (Å²) in [7, 11) is 0. The number of carbonyl (C=O) groups excluding carboxylic acids is 2. The Labute approximate surface area is 243 Å². The van der Waals surface area contributed by atoms with Crippen molar-refractivity contribution in [2.24, 2.45) is 5.41 Å². The van der Waals surface area contributed by atoms with E-state index < -0.39 is 5.41 Å². The number of amides is 2. The summed E-state index contributed by atoms with van der Waals surface area (Å²) in [6.07, 6.45) is 1.39. The van der Waals surface area contributed by atoms with Crippen LogP contribution in [0.4, 0.5) is 11.4 Å². The second-order valence-electron chi connectivity index (χ2n) is 11.9. The molecule has 2 amide bonds. The van der Waals surface area contributed by atoms with E-state index in [1.807, 2.05) is 64.1 Å². The van der Waals surface area contributed by atoms with E-state index in [4.69, 9.17) is 17.0 Å². The largest absolute Gasteiger partial charge is 0.493 e. The maximum Gasteiger partial charge on any atom is 0.255 e. The first-order chi connectivity index (χ1) is 18.7. The van der Waals surface area contributed by atoms with Crippen LogP contribution in [0, 0.1) is 19.3 Å². The summed E-state index contributed by atoms with van der Waals surface area (Å²) >= 11 is 5.37. The molecule has 0 aliphatic carbocycles. The zero-order valence-corrected chi connectivity index (χ0v) is 25.4. The number of anilines is 2. The summed E-state index contributed by atoms with van der Waals surface area (Å²) in [6.45, 7) is 14.8. The van der Waals surface area contributed by atoms with Gasteiger partial charge in [0.2, 0.25) is 5.91 Å². The second kappa shape index (κ2) is 13.1. The average molecular weight is 560 g/mol. The Morgan fingerprint density at radius 1 is 0.825 bits per heavy atom. The van der Waals surface area contributed by atoms with Gasteiger partial charge in [0.1, 0.15) is 5.75 Å². The van der Waals surface area contributed by atoms with Crippen molar-refractivity contribution in [1.29, 1.82) is 0 Å². The van der Waals surface area contributed by atoms with Crippen LogP contribution in [0.3, 0.4) is 0 Å². The number of carbonyl (C=O) groups is 2. The molecule has 0 spiro atoms. The van der Waals surface area contributed by atoms with E-state index in [-0.39, 0.29) is 22.3 Å². The fraction of sp³-hybridized carbons (Fsp3) is 0.364. The average Bonchev–Trinajstić information content (AvgIpc) is 2.89. The summed E-state index contributed by atoms with van der Waals surface area (Å²) < 4.78 is 5.93. The van der Waals surface area contributed by atoms with Crippen LogP contribution in [0.15, 0.2) is 66.7 Å². The molecule has 3 N–H and O–H groups in total. The van der Waals surface area contributed by atoms with Gasteiger partial charge >= 0.3 is 0 Å². The third kappa shape index (κ3) is 8.91. The van der Waals surface area contributed by atoms with Gasteiger partial charge in [-0.3, -0.25) is 9.59 Å². The van der Waals surface area contributed by atoms with Crippen molar-refractivity contribution >= 4 is 40.5 Å². The number of hydrogen-bond donors (Lipinski definition) is 3. The summed E-state index contributed by atoms with van der Waals surface area (Å²) in [5.41, 5.74) is 4.81. The van der Waals surface area contributed by atoms with Gasteiger partial charge in [-0.25, -0.2) is 0 Å². The highest BCUT2D eigenvalue weighted by atomic mass is 32.1. The predicted molar refractivity (Wildman–Crippen MR) is 168 cm³/mol. The van der Waals surface area contributed by atoms with Gasteiger partial charge in [0.25, 0.3) is 5.91 Å². The highest BCUT2D eigenvalue weighted by Crippen LogP contribution is 2.25. The SMILES string of the molecule is Cc1ccc(C)c(OCCCC(C)(C)C(=O)NC(=S)Nc2ccc(NC(=O)c3ccc(C(C)(C)C)cc3)cc2)c1. The van der Waals surface area contributed by atoms with Gasteiger partial charge in [0.05, 0.1) is 6.61 Å². The zero-order chi connectivity index (χ0) is 29.5. The molecular weight excluding hydrogens is 518 g/mol. The first-order valence-electron chi connectivity index (χ1n) is 13.6. The summed E-state index contributed by atoms with van der Waals surface area (Å²) in [6, 6.07) is 21.0. The van der Waals surface area contributed by atoms with Crippen LogP contribution in [-0.2, 0) is 10.2 Å². The van der Waals surface area contributed by atoms with Crippen molar-refractivity contribution in [1.82, 2.24) is 5.32 Å². The van der Waals surface area contributed by atoms with Crippen molar-refractivity contribution in [3.8, 4) is 5.75 Å². The Morgan fingerprint density at radius 2 is 1.43 bits per heavy atom. The number of nitrogens with one attached hydrogen (secondary N) is 3. The molecule has 0 heterocycles. The summed E-state index contributed by atoms with van der Waals surface area (Å²) in [4.78, 5) is 25.5. The first kappa shape index (κ1) is 30.8. The Morgan fingerprint density at radius 3 is 2.02 bits per heavy atom. The van der Waals surface area contributed by atoms with Crippen LogP contribution < -0.4 is 20.7 Å². The topological polar surface area (TPSA) is 79.5 Å². The standard InChI is InChI=1S/C33H41N3O3S/c1-22-9-10-23(2)28(21-22)39-20-8-19-33(6,7)30(38)36-31(40)35-27-17-15-26(16-18-27)34-29(37)24-11-13-25(14-12-24)32(3,4)5/h9-18,21H,8,19-20H2,1-7H3,(H,34,37)(H2,35,36,38,40). The van der Waals surface area contributed by atoms with Gasteiger partial charge in [-0.15, -0.1) is 0 Å². The molecule has 3 aromatic rings. The van der Waals surface area contributed by atoms with Crippen LogP contribution in [0.2, 0.25) is 0 Å². The lowest BCUT2D eigenvalue weighted by Crippen LogP contribution is -2.42.